The molecule has 10 heavy (non-hydrogen) atoms. The van der Waals surface area contributed by atoms with Crippen LogP contribution in [0, 0.1) is 10.1 Å². The van der Waals surface area contributed by atoms with E-state index in [2.05, 4.69) is 18.3 Å². The monoisotopic (exact) mass is 142 g/mol. The van der Waals surface area contributed by atoms with Crippen LogP contribution in [-0.4, -0.2) is 16.7 Å². The molecule has 0 aliphatic rings. The minimum Gasteiger partial charge on any atom is -0.501 e. The minimum absolute atomic E-state index is 0.583. The average molecular weight is 142 g/mol. The van der Waals surface area contributed by atoms with E-state index in [1.54, 1.807) is 0 Å². The van der Waals surface area contributed by atoms with E-state index in [1.165, 1.54) is 0 Å². The highest BCUT2D eigenvalue weighted by Crippen LogP contribution is 2.02. The predicted molar refractivity (Wildman–Crippen MR) is 36.4 cm³/mol. The number of aliphatic imine (C=N–C) groups is 1. The Hall–Kier alpha value is -1.65. The summed E-state index contributed by atoms with van der Waals surface area (Å²) in [5, 5.41) is 18.6. The number of nitrogens with zero attached hydrogens (tertiary/aromatic N) is 2. The van der Waals surface area contributed by atoms with Crippen LogP contribution in [0.4, 0.5) is 0 Å². The molecule has 5 nitrogen and oxygen atoms in total. The van der Waals surface area contributed by atoms with E-state index in [4.69, 9.17) is 5.11 Å². The fraction of sp³-hybridized carbons (Fsp3) is 0. The summed E-state index contributed by atoms with van der Waals surface area (Å²) in [5.41, 5.74) is 0. The molecule has 0 aromatic carbocycles. The summed E-state index contributed by atoms with van der Waals surface area (Å²) >= 11 is 0. The van der Waals surface area contributed by atoms with Crippen molar-refractivity contribution in [1.29, 1.82) is 0 Å². The van der Waals surface area contributed by atoms with Gasteiger partial charge in [0.15, 0.2) is 0 Å². The topological polar surface area (TPSA) is 75.7 Å². The Bertz CT molecular complexity index is 207. The first-order valence-corrected chi connectivity index (χ1v) is 2.30. The Morgan fingerprint density at radius 2 is 2.30 bits per heavy atom. The van der Waals surface area contributed by atoms with Gasteiger partial charge in [0.05, 0.1) is 0 Å². The molecule has 0 aromatic heterocycles. The van der Waals surface area contributed by atoms with Gasteiger partial charge in [0.2, 0.25) is 5.76 Å². The summed E-state index contributed by atoms with van der Waals surface area (Å²) < 4.78 is 0. The lowest BCUT2D eigenvalue weighted by atomic mass is 10.5. The van der Waals surface area contributed by atoms with E-state index < -0.39 is 16.5 Å². The Morgan fingerprint density at radius 3 is 2.40 bits per heavy atom. The molecule has 1 N–H and O–H groups in total. The van der Waals surface area contributed by atoms with Crippen LogP contribution in [0.15, 0.2) is 29.2 Å². The van der Waals surface area contributed by atoms with Crippen molar-refractivity contribution in [2.45, 2.75) is 0 Å². The number of allylic oxidation sites excluding steroid dienone is 1. The van der Waals surface area contributed by atoms with Crippen molar-refractivity contribution in [1.82, 2.24) is 0 Å². The fourth-order valence-corrected chi connectivity index (χ4v) is 0.324. The van der Waals surface area contributed by atoms with E-state index in [9.17, 15) is 10.1 Å². The summed E-state index contributed by atoms with van der Waals surface area (Å²) in [7, 11) is 0. The van der Waals surface area contributed by atoms with Crippen LogP contribution in [-0.2, 0) is 0 Å². The van der Waals surface area contributed by atoms with Gasteiger partial charge in [-0.3, -0.25) is 0 Å². The van der Waals surface area contributed by atoms with Gasteiger partial charge in [-0.25, -0.2) is 0 Å². The van der Waals surface area contributed by atoms with Gasteiger partial charge in [-0.05, 0) is 11.0 Å². The van der Waals surface area contributed by atoms with Crippen molar-refractivity contribution in [2.75, 3.05) is 0 Å². The van der Waals surface area contributed by atoms with Gasteiger partial charge in [-0.2, -0.15) is 0 Å². The molecule has 0 atom stereocenters. The summed E-state index contributed by atoms with van der Waals surface area (Å²) in [4.78, 5) is 12.1. The number of aliphatic hydroxyl groups is 1. The first-order valence-electron chi connectivity index (χ1n) is 2.30. The smallest absolute Gasteiger partial charge is 0.405 e. The number of nitro groups is 1. The van der Waals surface area contributed by atoms with Crippen molar-refractivity contribution in [2.24, 2.45) is 4.99 Å². The van der Waals surface area contributed by atoms with Gasteiger partial charge in [-0.1, -0.05) is 11.6 Å². The Morgan fingerprint density at radius 1 is 1.80 bits per heavy atom. The molecular formula is C5H6N2O3. The second kappa shape index (κ2) is 3.39. The fourth-order valence-electron chi connectivity index (χ4n) is 0.324. The van der Waals surface area contributed by atoms with Crippen LogP contribution < -0.4 is 0 Å². The molecule has 0 fully saturated rings. The van der Waals surface area contributed by atoms with Crippen LogP contribution in [0.5, 0.6) is 0 Å². The van der Waals surface area contributed by atoms with Gasteiger partial charge in [0.25, 0.3) is 0 Å². The molecule has 0 heterocycles. The summed E-state index contributed by atoms with van der Waals surface area (Å²) in [5.74, 6) is -1.27. The maximum atomic E-state index is 9.94. The Labute approximate surface area is 57.2 Å². The van der Waals surface area contributed by atoms with Gasteiger partial charge >= 0.3 is 5.82 Å². The van der Waals surface area contributed by atoms with Crippen LogP contribution in [0.2, 0.25) is 0 Å². The number of hydrogen-bond donors (Lipinski definition) is 1. The molecule has 0 spiro atoms. The molecule has 0 amide bonds. The molecule has 54 valence electrons. The van der Waals surface area contributed by atoms with Crippen molar-refractivity contribution in [3.05, 3.63) is 34.3 Å². The van der Waals surface area contributed by atoms with E-state index in [-0.39, 0.29) is 0 Å². The van der Waals surface area contributed by atoms with Gasteiger partial charge < -0.3 is 15.2 Å². The molecule has 0 saturated carbocycles. The zero-order chi connectivity index (χ0) is 8.15. The highest BCUT2D eigenvalue weighted by molar-refractivity contribution is 5.29. The van der Waals surface area contributed by atoms with E-state index >= 15 is 0 Å². The highest BCUT2D eigenvalue weighted by atomic mass is 16.6. The zero-order valence-electron chi connectivity index (χ0n) is 5.15. The highest BCUT2D eigenvalue weighted by Gasteiger charge is 2.11. The number of rotatable bonds is 3. The quantitative estimate of drug-likeness (QED) is 0.209. The second-order valence-corrected chi connectivity index (χ2v) is 1.33. The van der Waals surface area contributed by atoms with Gasteiger partial charge in [0.1, 0.15) is 6.72 Å². The summed E-state index contributed by atoms with van der Waals surface area (Å²) in [6, 6.07) is 0. The summed E-state index contributed by atoms with van der Waals surface area (Å²) in [6.45, 7) is 6.01. The molecule has 0 unspecified atom stereocenters. The second-order valence-electron chi connectivity index (χ2n) is 1.33. The van der Waals surface area contributed by atoms with Crippen molar-refractivity contribution >= 4 is 6.72 Å². The Kier molecular flexibility index (Phi) is 2.83. The lowest BCUT2D eigenvalue weighted by Crippen LogP contribution is -1.98. The normalized spacial score (nSPS) is 11.6. The third-order valence-corrected chi connectivity index (χ3v) is 0.745. The third-order valence-electron chi connectivity index (χ3n) is 0.745. The van der Waals surface area contributed by atoms with E-state index in [1.807, 2.05) is 0 Å². The SMILES string of the molecule is C=C/C(O)=C(\N=C)[N+](=O)[O-]. The molecule has 5 heteroatoms. The van der Waals surface area contributed by atoms with Crippen molar-refractivity contribution in [3.63, 3.8) is 0 Å². The standard InChI is InChI=1S/C5H6N2O3/c1-3-4(8)5(6-2)7(9)10/h3,8H,1-2H2/b5-4-. The van der Waals surface area contributed by atoms with Crippen LogP contribution in [0.3, 0.4) is 0 Å². The molecular weight excluding hydrogens is 136 g/mol. The minimum atomic E-state index is -0.843. The predicted octanol–water partition coefficient (Wildman–Crippen LogP) is 0.877. The largest absolute Gasteiger partial charge is 0.501 e. The molecule has 0 radical (unpaired) electrons. The zero-order valence-corrected chi connectivity index (χ0v) is 5.15. The van der Waals surface area contributed by atoms with Crippen LogP contribution >= 0.6 is 0 Å². The first-order chi connectivity index (χ1) is 4.63. The molecule has 0 aromatic rings. The van der Waals surface area contributed by atoms with Crippen LogP contribution in [0.25, 0.3) is 0 Å². The first kappa shape index (κ1) is 8.35. The lowest BCUT2D eigenvalue weighted by molar-refractivity contribution is -0.428. The van der Waals surface area contributed by atoms with Gasteiger partial charge in [-0.15, -0.1) is 0 Å². The number of hydrogen-bond acceptors (Lipinski definition) is 4. The lowest BCUT2D eigenvalue weighted by Gasteiger charge is -1.91. The molecule has 0 bridgehead atoms. The molecule has 0 saturated heterocycles. The van der Waals surface area contributed by atoms with Crippen LogP contribution in [0.1, 0.15) is 0 Å². The number of aliphatic hydroxyl groups excluding tert-OH is 1. The average Bonchev–Trinajstić information content (AvgIpc) is 1.88. The van der Waals surface area contributed by atoms with E-state index in [0.717, 1.165) is 6.08 Å². The summed E-state index contributed by atoms with van der Waals surface area (Å²) in [6.07, 6.45) is 0.923. The van der Waals surface area contributed by atoms with E-state index in [0.29, 0.717) is 0 Å². The maximum absolute atomic E-state index is 9.94. The molecule has 0 aliphatic heterocycles. The van der Waals surface area contributed by atoms with Gasteiger partial charge in [0, 0.05) is 0 Å². The van der Waals surface area contributed by atoms with Crippen molar-refractivity contribution < 1.29 is 10.0 Å². The Balaban J connectivity index is 4.79. The maximum Gasteiger partial charge on any atom is 0.405 e. The third kappa shape index (κ3) is 1.70. The van der Waals surface area contributed by atoms with Crippen molar-refractivity contribution in [3.8, 4) is 0 Å². The molecule has 0 rings (SSSR count). The molecule has 0 aliphatic carbocycles.